The minimum absolute atomic E-state index is 1.24. The maximum absolute atomic E-state index is 3.89. The lowest BCUT2D eigenvalue weighted by atomic mass is 9.97. The SMILES string of the molecule is C=C1CC[CH]CC1. The minimum Gasteiger partial charge on any atom is -0.0999 e. The average molecular weight is 95.2 g/mol. The maximum atomic E-state index is 3.89. The Kier molecular flexibility index (Phi) is 1.50. The molecule has 39 valence electrons. The second-order valence-corrected chi connectivity index (χ2v) is 2.12. The van der Waals surface area contributed by atoms with E-state index in [1.54, 1.807) is 0 Å². The van der Waals surface area contributed by atoms with Crippen LogP contribution in [0.4, 0.5) is 0 Å². The fourth-order valence-corrected chi connectivity index (χ4v) is 0.882. The van der Waals surface area contributed by atoms with Gasteiger partial charge in [0.1, 0.15) is 0 Å². The fraction of sp³-hybridized carbons (Fsp3) is 0.571. The predicted octanol–water partition coefficient (Wildman–Crippen LogP) is 2.32. The van der Waals surface area contributed by atoms with Crippen LogP contribution >= 0.6 is 0 Å². The van der Waals surface area contributed by atoms with Gasteiger partial charge < -0.3 is 0 Å². The maximum Gasteiger partial charge on any atom is -0.0320 e. The summed E-state index contributed by atoms with van der Waals surface area (Å²) in [6.07, 6.45) is 7.34. The molecule has 1 radical (unpaired) electrons. The van der Waals surface area contributed by atoms with Crippen molar-refractivity contribution in [3.05, 3.63) is 18.6 Å². The Morgan fingerprint density at radius 3 is 2.14 bits per heavy atom. The van der Waals surface area contributed by atoms with Gasteiger partial charge in [0.05, 0.1) is 0 Å². The van der Waals surface area contributed by atoms with Crippen LogP contribution in [-0.2, 0) is 0 Å². The van der Waals surface area contributed by atoms with Gasteiger partial charge >= 0.3 is 0 Å². The van der Waals surface area contributed by atoms with Gasteiger partial charge in [-0.2, -0.15) is 0 Å². The number of allylic oxidation sites excluding steroid dienone is 1. The van der Waals surface area contributed by atoms with Crippen LogP contribution in [0.2, 0.25) is 0 Å². The molecule has 0 aliphatic heterocycles. The predicted molar refractivity (Wildman–Crippen MR) is 31.9 cm³/mol. The molecular formula is C7H11. The van der Waals surface area contributed by atoms with Gasteiger partial charge in [0, 0.05) is 0 Å². The highest BCUT2D eigenvalue weighted by Gasteiger charge is 2.00. The van der Waals surface area contributed by atoms with E-state index in [-0.39, 0.29) is 0 Å². The van der Waals surface area contributed by atoms with Crippen molar-refractivity contribution in [2.75, 3.05) is 0 Å². The third-order valence-electron chi connectivity index (χ3n) is 1.40. The lowest BCUT2D eigenvalue weighted by molar-refractivity contribution is 0.724. The van der Waals surface area contributed by atoms with Crippen LogP contribution in [0.25, 0.3) is 0 Å². The van der Waals surface area contributed by atoms with Crippen LogP contribution in [0.3, 0.4) is 0 Å². The molecule has 0 unspecified atom stereocenters. The Hall–Kier alpha value is -0.260. The molecule has 0 nitrogen and oxygen atoms in total. The Bertz CT molecular complexity index is 64.1. The first-order valence-electron chi connectivity index (χ1n) is 2.88. The van der Waals surface area contributed by atoms with Crippen molar-refractivity contribution in [2.45, 2.75) is 25.7 Å². The summed E-state index contributed by atoms with van der Waals surface area (Å²) in [5.74, 6) is 0. The first-order valence-corrected chi connectivity index (χ1v) is 2.88. The summed E-state index contributed by atoms with van der Waals surface area (Å²) in [5, 5.41) is 0. The van der Waals surface area contributed by atoms with Gasteiger partial charge in [0.15, 0.2) is 0 Å². The van der Waals surface area contributed by atoms with Crippen LogP contribution in [-0.4, -0.2) is 0 Å². The van der Waals surface area contributed by atoms with E-state index in [9.17, 15) is 0 Å². The molecule has 0 N–H and O–H groups in total. The lowest BCUT2D eigenvalue weighted by Gasteiger charge is -2.09. The minimum atomic E-state index is 1.24. The summed E-state index contributed by atoms with van der Waals surface area (Å²) in [6.45, 7) is 3.89. The highest BCUT2D eigenvalue weighted by Crippen LogP contribution is 2.19. The highest BCUT2D eigenvalue weighted by atomic mass is 14.1. The summed E-state index contributed by atoms with van der Waals surface area (Å²) in [5.41, 5.74) is 1.43. The molecule has 1 fully saturated rings. The smallest absolute Gasteiger partial charge is 0.0320 e. The molecule has 0 amide bonds. The van der Waals surface area contributed by atoms with Crippen molar-refractivity contribution >= 4 is 0 Å². The summed E-state index contributed by atoms with van der Waals surface area (Å²) < 4.78 is 0. The largest absolute Gasteiger partial charge is 0.0999 e. The van der Waals surface area contributed by atoms with Crippen molar-refractivity contribution in [3.63, 3.8) is 0 Å². The van der Waals surface area contributed by atoms with E-state index in [2.05, 4.69) is 13.0 Å². The van der Waals surface area contributed by atoms with Gasteiger partial charge in [-0.25, -0.2) is 0 Å². The molecule has 0 aromatic carbocycles. The Balaban J connectivity index is 2.25. The first-order chi connectivity index (χ1) is 3.39. The van der Waals surface area contributed by atoms with E-state index in [0.29, 0.717) is 0 Å². The quantitative estimate of drug-likeness (QED) is 0.405. The van der Waals surface area contributed by atoms with Crippen molar-refractivity contribution in [1.29, 1.82) is 0 Å². The van der Waals surface area contributed by atoms with Crippen LogP contribution < -0.4 is 0 Å². The van der Waals surface area contributed by atoms with Crippen LogP contribution in [0.15, 0.2) is 12.2 Å². The molecule has 0 aromatic rings. The molecule has 0 saturated heterocycles. The molecule has 1 aliphatic carbocycles. The van der Waals surface area contributed by atoms with Gasteiger partial charge in [-0.1, -0.05) is 12.2 Å². The molecule has 1 saturated carbocycles. The molecule has 0 aromatic heterocycles. The van der Waals surface area contributed by atoms with Gasteiger partial charge in [0.2, 0.25) is 0 Å². The van der Waals surface area contributed by atoms with Crippen molar-refractivity contribution in [2.24, 2.45) is 0 Å². The Morgan fingerprint density at radius 1 is 1.29 bits per heavy atom. The molecule has 0 heterocycles. The lowest BCUT2D eigenvalue weighted by Crippen LogP contribution is -1.91. The molecule has 1 rings (SSSR count). The monoisotopic (exact) mass is 95.1 g/mol. The second-order valence-electron chi connectivity index (χ2n) is 2.12. The van der Waals surface area contributed by atoms with E-state index in [0.717, 1.165) is 0 Å². The molecule has 0 spiro atoms. The fourth-order valence-electron chi connectivity index (χ4n) is 0.882. The van der Waals surface area contributed by atoms with E-state index in [4.69, 9.17) is 0 Å². The molecule has 7 heavy (non-hydrogen) atoms. The number of hydrogen-bond donors (Lipinski definition) is 0. The van der Waals surface area contributed by atoms with Gasteiger partial charge in [-0.3, -0.25) is 0 Å². The zero-order chi connectivity index (χ0) is 5.11. The van der Waals surface area contributed by atoms with E-state index < -0.39 is 0 Å². The van der Waals surface area contributed by atoms with Gasteiger partial charge in [0.25, 0.3) is 0 Å². The Morgan fingerprint density at radius 2 is 1.86 bits per heavy atom. The van der Waals surface area contributed by atoms with Crippen molar-refractivity contribution < 1.29 is 0 Å². The number of rotatable bonds is 0. The molecule has 1 aliphatic rings. The topological polar surface area (TPSA) is 0 Å². The molecule has 0 atom stereocenters. The number of hydrogen-bond acceptors (Lipinski definition) is 0. The zero-order valence-corrected chi connectivity index (χ0v) is 4.61. The van der Waals surface area contributed by atoms with E-state index in [1.807, 2.05) is 0 Å². The first kappa shape index (κ1) is 4.89. The summed E-state index contributed by atoms with van der Waals surface area (Å²) >= 11 is 0. The van der Waals surface area contributed by atoms with Crippen LogP contribution in [0.5, 0.6) is 0 Å². The Labute approximate surface area is 45.2 Å². The van der Waals surface area contributed by atoms with E-state index in [1.165, 1.54) is 31.3 Å². The highest BCUT2D eigenvalue weighted by molar-refractivity contribution is 5.00. The molecular weight excluding hydrogens is 84.1 g/mol. The summed E-state index contributed by atoms with van der Waals surface area (Å²) in [4.78, 5) is 0. The average Bonchev–Trinajstić information content (AvgIpc) is 1.69. The van der Waals surface area contributed by atoms with Crippen LogP contribution in [0, 0.1) is 6.42 Å². The molecule has 0 heteroatoms. The second kappa shape index (κ2) is 2.15. The van der Waals surface area contributed by atoms with Crippen LogP contribution in [0.1, 0.15) is 25.7 Å². The van der Waals surface area contributed by atoms with Crippen molar-refractivity contribution in [1.82, 2.24) is 0 Å². The third kappa shape index (κ3) is 1.34. The standard InChI is InChI=1S/C7H11/c1-7-5-3-2-4-6-7/h2H,1,3-6H2. The van der Waals surface area contributed by atoms with Gasteiger partial charge in [-0.15, -0.1) is 0 Å². The summed E-state index contributed by atoms with van der Waals surface area (Å²) in [7, 11) is 0. The van der Waals surface area contributed by atoms with Crippen molar-refractivity contribution in [3.8, 4) is 0 Å². The van der Waals surface area contributed by atoms with E-state index >= 15 is 0 Å². The zero-order valence-electron chi connectivity index (χ0n) is 4.61. The van der Waals surface area contributed by atoms with Gasteiger partial charge in [-0.05, 0) is 32.1 Å². The normalized spacial score (nSPS) is 22.6. The third-order valence-corrected chi connectivity index (χ3v) is 1.40. The molecule has 0 bridgehead atoms. The summed E-state index contributed by atoms with van der Waals surface area (Å²) in [6, 6.07) is 0.